The SMILES string of the molecule is CN1CCC(NS(=O)(=O)c2ccc(N)c(Cl)c2)C1. The first-order valence-corrected chi connectivity index (χ1v) is 7.50. The zero-order valence-corrected chi connectivity index (χ0v) is 11.6. The lowest BCUT2D eigenvalue weighted by Crippen LogP contribution is -2.36. The number of sulfonamides is 1. The van der Waals surface area contributed by atoms with Crippen molar-refractivity contribution >= 4 is 27.3 Å². The lowest BCUT2D eigenvalue weighted by Gasteiger charge is -2.13. The number of hydrogen-bond donors (Lipinski definition) is 2. The summed E-state index contributed by atoms with van der Waals surface area (Å²) < 4.78 is 26.9. The molecule has 3 N–H and O–H groups in total. The average molecular weight is 290 g/mol. The van der Waals surface area contributed by atoms with Gasteiger partial charge < -0.3 is 10.6 Å². The van der Waals surface area contributed by atoms with Gasteiger partial charge in [0.15, 0.2) is 0 Å². The molecule has 0 aliphatic carbocycles. The zero-order valence-electron chi connectivity index (χ0n) is 10.1. The van der Waals surface area contributed by atoms with Gasteiger partial charge in [-0.05, 0) is 38.2 Å². The molecule has 1 heterocycles. The molecule has 1 saturated heterocycles. The van der Waals surface area contributed by atoms with Gasteiger partial charge in [0.1, 0.15) is 0 Å². The third-order valence-corrected chi connectivity index (χ3v) is 4.84. The largest absolute Gasteiger partial charge is 0.398 e. The Morgan fingerprint density at radius 1 is 1.50 bits per heavy atom. The second kappa shape index (κ2) is 5.05. The van der Waals surface area contributed by atoms with Gasteiger partial charge in [0.25, 0.3) is 0 Å². The summed E-state index contributed by atoms with van der Waals surface area (Å²) in [4.78, 5) is 2.24. The Bertz CT molecular complexity index is 547. The van der Waals surface area contributed by atoms with Crippen molar-refractivity contribution in [3.05, 3.63) is 23.2 Å². The van der Waals surface area contributed by atoms with E-state index in [0.29, 0.717) is 5.69 Å². The molecular weight excluding hydrogens is 274 g/mol. The highest BCUT2D eigenvalue weighted by atomic mass is 35.5. The van der Waals surface area contributed by atoms with Crippen LogP contribution >= 0.6 is 11.6 Å². The van der Waals surface area contributed by atoms with E-state index >= 15 is 0 Å². The molecule has 5 nitrogen and oxygen atoms in total. The maximum Gasteiger partial charge on any atom is 0.240 e. The number of nitrogens with zero attached hydrogens (tertiary/aromatic N) is 1. The van der Waals surface area contributed by atoms with E-state index in [0.717, 1.165) is 19.5 Å². The van der Waals surface area contributed by atoms with E-state index in [-0.39, 0.29) is 16.0 Å². The summed E-state index contributed by atoms with van der Waals surface area (Å²) in [7, 11) is -1.56. The fourth-order valence-electron chi connectivity index (χ4n) is 1.99. The predicted molar refractivity (Wildman–Crippen MR) is 72.1 cm³/mol. The van der Waals surface area contributed by atoms with Crippen molar-refractivity contribution < 1.29 is 8.42 Å². The van der Waals surface area contributed by atoms with Crippen LogP contribution in [0, 0.1) is 0 Å². The van der Waals surface area contributed by atoms with Crippen molar-refractivity contribution in [3.63, 3.8) is 0 Å². The molecule has 0 bridgehead atoms. The van der Waals surface area contributed by atoms with Crippen LogP contribution in [0.2, 0.25) is 5.02 Å². The standard InChI is InChI=1S/C11H16ClN3O2S/c1-15-5-4-8(7-15)14-18(16,17)9-2-3-11(13)10(12)6-9/h2-3,6,8,14H,4-5,7,13H2,1H3. The molecule has 1 aliphatic rings. The molecule has 1 aromatic rings. The van der Waals surface area contributed by atoms with E-state index in [1.54, 1.807) is 0 Å². The van der Waals surface area contributed by atoms with Crippen LogP contribution in [-0.2, 0) is 10.0 Å². The minimum Gasteiger partial charge on any atom is -0.398 e. The van der Waals surface area contributed by atoms with Crippen LogP contribution in [0.15, 0.2) is 23.1 Å². The normalized spacial score (nSPS) is 21.3. The topological polar surface area (TPSA) is 75.4 Å². The Kier molecular flexibility index (Phi) is 3.82. The highest BCUT2D eigenvalue weighted by Crippen LogP contribution is 2.23. The second-order valence-corrected chi connectivity index (χ2v) is 6.67. The van der Waals surface area contributed by atoms with Crippen LogP contribution in [0.5, 0.6) is 0 Å². The Morgan fingerprint density at radius 2 is 2.22 bits per heavy atom. The van der Waals surface area contributed by atoms with Crippen molar-refractivity contribution in [1.82, 2.24) is 9.62 Å². The fraction of sp³-hybridized carbons (Fsp3) is 0.455. The maximum absolute atomic E-state index is 12.1. The van der Waals surface area contributed by atoms with Gasteiger partial charge in [-0.2, -0.15) is 0 Å². The minimum absolute atomic E-state index is 0.0451. The number of hydrogen-bond acceptors (Lipinski definition) is 4. The molecule has 2 rings (SSSR count). The van der Waals surface area contributed by atoms with Crippen LogP contribution in [0.25, 0.3) is 0 Å². The van der Waals surface area contributed by atoms with Gasteiger partial charge in [-0.15, -0.1) is 0 Å². The van der Waals surface area contributed by atoms with E-state index in [1.165, 1.54) is 18.2 Å². The number of nitrogens with two attached hydrogens (primary N) is 1. The summed E-state index contributed by atoms with van der Waals surface area (Å²) in [6.45, 7) is 1.62. The van der Waals surface area contributed by atoms with E-state index < -0.39 is 10.0 Å². The first-order valence-electron chi connectivity index (χ1n) is 5.64. The van der Waals surface area contributed by atoms with Gasteiger partial charge in [-0.1, -0.05) is 11.6 Å². The molecule has 1 unspecified atom stereocenters. The van der Waals surface area contributed by atoms with E-state index in [2.05, 4.69) is 9.62 Å². The van der Waals surface area contributed by atoms with Gasteiger partial charge in [0, 0.05) is 12.6 Å². The van der Waals surface area contributed by atoms with Gasteiger partial charge in [-0.25, -0.2) is 13.1 Å². The smallest absolute Gasteiger partial charge is 0.240 e. The molecule has 1 fully saturated rings. The van der Waals surface area contributed by atoms with Crippen LogP contribution in [0.3, 0.4) is 0 Å². The fourth-order valence-corrected chi connectivity index (χ4v) is 3.53. The highest BCUT2D eigenvalue weighted by molar-refractivity contribution is 7.89. The Balaban J connectivity index is 2.17. The second-order valence-electron chi connectivity index (χ2n) is 4.55. The first kappa shape index (κ1) is 13.6. The molecular formula is C11H16ClN3O2S. The van der Waals surface area contributed by atoms with E-state index in [4.69, 9.17) is 17.3 Å². The van der Waals surface area contributed by atoms with Crippen molar-refractivity contribution in [2.75, 3.05) is 25.9 Å². The summed E-state index contributed by atoms with van der Waals surface area (Å²) in [5, 5.41) is 0.251. The van der Waals surface area contributed by atoms with Crippen molar-refractivity contribution in [2.24, 2.45) is 0 Å². The minimum atomic E-state index is -3.52. The summed E-state index contributed by atoms with van der Waals surface area (Å²) in [5.41, 5.74) is 5.93. The zero-order chi connectivity index (χ0) is 13.3. The maximum atomic E-state index is 12.1. The molecule has 7 heteroatoms. The summed E-state index contributed by atoms with van der Waals surface area (Å²) >= 11 is 5.83. The Hall–Kier alpha value is -0.820. The van der Waals surface area contributed by atoms with Crippen molar-refractivity contribution in [1.29, 1.82) is 0 Å². The molecule has 18 heavy (non-hydrogen) atoms. The molecule has 1 aromatic carbocycles. The van der Waals surface area contributed by atoms with Crippen molar-refractivity contribution in [2.45, 2.75) is 17.4 Å². The number of nitrogen functional groups attached to an aromatic ring is 1. The Labute approximate surface area is 112 Å². The highest BCUT2D eigenvalue weighted by Gasteiger charge is 2.25. The third-order valence-electron chi connectivity index (χ3n) is 3.00. The van der Waals surface area contributed by atoms with Crippen LogP contribution in [-0.4, -0.2) is 39.5 Å². The molecule has 0 saturated carbocycles. The van der Waals surface area contributed by atoms with E-state index in [1.807, 2.05) is 7.05 Å². The number of anilines is 1. The third kappa shape index (κ3) is 2.95. The summed E-state index contributed by atoms with van der Waals surface area (Å²) in [6, 6.07) is 4.29. The van der Waals surface area contributed by atoms with Gasteiger partial charge in [0.2, 0.25) is 10.0 Å². The van der Waals surface area contributed by atoms with Gasteiger partial charge in [0.05, 0.1) is 15.6 Å². The van der Waals surface area contributed by atoms with Crippen molar-refractivity contribution in [3.8, 4) is 0 Å². The lowest BCUT2D eigenvalue weighted by atomic mass is 10.3. The summed E-state index contributed by atoms with van der Waals surface area (Å²) in [5.74, 6) is 0. The Morgan fingerprint density at radius 3 is 2.78 bits per heavy atom. The predicted octanol–water partition coefficient (Wildman–Crippen LogP) is 0.905. The lowest BCUT2D eigenvalue weighted by molar-refractivity contribution is 0.407. The number of benzene rings is 1. The number of likely N-dealkylation sites (tertiary alicyclic amines) is 1. The molecule has 0 aromatic heterocycles. The number of likely N-dealkylation sites (N-methyl/N-ethyl adjacent to an activating group) is 1. The molecule has 1 atom stereocenters. The number of halogens is 1. The molecule has 0 spiro atoms. The number of rotatable bonds is 3. The van der Waals surface area contributed by atoms with E-state index in [9.17, 15) is 8.42 Å². The first-order chi connectivity index (χ1) is 8.38. The molecule has 0 amide bonds. The monoisotopic (exact) mass is 289 g/mol. The van der Waals surface area contributed by atoms with Crippen LogP contribution in [0.4, 0.5) is 5.69 Å². The van der Waals surface area contributed by atoms with Gasteiger partial charge in [-0.3, -0.25) is 0 Å². The quantitative estimate of drug-likeness (QED) is 0.811. The number of nitrogens with one attached hydrogen (secondary N) is 1. The average Bonchev–Trinajstić information content (AvgIpc) is 2.67. The van der Waals surface area contributed by atoms with Crippen LogP contribution < -0.4 is 10.5 Å². The van der Waals surface area contributed by atoms with Crippen LogP contribution in [0.1, 0.15) is 6.42 Å². The molecule has 1 aliphatic heterocycles. The summed E-state index contributed by atoms with van der Waals surface area (Å²) in [6.07, 6.45) is 0.818. The molecule has 0 radical (unpaired) electrons. The van der Waals surface area contributed by atoms with Gasteiger partial charge >= 0.3 is 0 Å². The molecule has 100 valence electrons.